The van der Waals surface area contributed by atoms with Crippen molar-refractivity contribution in [3.63, 3.8) is 0 Å². The number of halogens is 1. The highest BCUT2D eigenvalue weighted by molar-refractivity contribution is 9.09. The fourth-order valence-corrected chi connectivity index (χ4v) is 3.35. The Balaban J connectivity index is 2.09. The highest BCUT2D eigenvalue weighted by atomic mass is 79.9. The van der Waals surface area contributed by atoms with Crippen molar-refractivity contribution in [2.24, 2.45) is 5.92 Å². The number of hydrogen-bond donors (Lipinski definition) is 1. The summed E-state index contributed by atoms with van der Waals surface area (Å²) >= 11 is 3.71. The second-order valence-electron chi connectivity index (χ2n) is 4.33. The second-order valence-corrected chi connectivity index (χ2v) is 5.32. The van der Waals surface area contributed by atoms with Gasteiger partial charge in [-0.25, -0.2) is 0 Å². The van der Waals surface area contributed by atoms with E-state index in [9.17, 15) is 4.79 Å². The molecule has 0 saturated heterocycles. The molecule has 1 aromatic carbocycles. The minimum absolute atomic E-state index is 0.273. The first-order chi connectivity index (χ1) is 7.68. The maximum absolute atomic E-state index is 10.6. The van der Waals surface area contributed by atoms with E-state index in [0.717, 1.165) is 19.3 Å². The van der Waals surface area contributed by atoms with E-state index >= 15 is 0 Å². The zero-order valence-electron chi connectivity index (χ0n) is 9.03. The molecule has 0 heterocycles. The van der Waals surface area contributed by atoms with Crippen LogP contribution in [0.1, 0.15) is 35.2 Å². The minimum Gasteiger partial charge on any atom is -0.481 e. The molecule has 2 rings (SSSR count). The van der Waals surface area contributed by atoms with Crippen molar-refractivity contribution in [2.45, 2.75) is 30.5 Å². The summed E-state index contributed by atoms with van der Waals surface area (Å²) in [5.41, 5.74) is 2.74. The number of carboxylic acid groups (broad SMARTS) is 1. The number of alkyl halides is 1. The minimum atomic E-state index is -0.696. The van der Waals surface area contributed by atoms with Crippen LogP contribution in [0.2, 0.25) is 0 Å². The first-order valence-electron chi connectivity index (χ1n) is 5.62. The van der Waals surface area contributed by atoms with Gasteiger partial charge in [-0.2, -0.15) is 0 Å². The van der Waals surface area contributed by atoms with Crippen LogP contribution < -0.4 is 0 Å². The third kappa shape index (κ3) is 2.46. The molecule has 0 aliphatic heterocycles. The highest BCUT2D eigenvalue weighted by Gasteiger charge is 2.27. The molecule has 1 aliphatic carbocycles. The van der Waals surface area contributed by atoms with Gasteiger partial charge in [-0.05, 0) is 36.3 Å². The lowest BCUT2D eigenvalue weighted by Gasteiger charge is -2.29. The summed E-state index contributed by atoms with van der Waals surface area (Å²) < 4.78 is 0. The van der Waals surface area contributed by atoms with Gasteiger partial charge in [-0.15, -0.1) is 0 Å². The van der Waals surface area contributed by atoms with Crippen LogP contribution in [0.4, 0.5) is 0 Å². The molecule has 0 fully saturated rings. The molecule has 3 heteroatoms. The number of rotatable bonds is 3. The predicted molar refractivity (Wildman–Crippen MR) is 66.8 cm³/mol. The molecule has 86 valence electrons. The van der Waals surface area contributed by atoms with Crippen molar-refractivity contribution in [1.29, 1.82) is 0 Å². The fourth-order valence-electron chi connectivity index (χ4n) is 2.37. The summed E-state index contributed by atoms with van der Waals surface area (Å²) in [6.45, 7) is 0. The van der Waals surface area contributed by atoms with E-state index < -0.39 is 5.97 Å². The highest BCUT2D eigenvalue weighted by Crippen LogP contribution is 2.42. The fraction of sp³-hybridized carbons (Fsp3) is 0.462. The maximum atomic E-state index is 10.6. The Morgan fingerprint density at radius 2 is 2.19 bits per heavy atom. The van der Waals surface area contributed by atoms with Gasteiger partial charge >= 0.3 is 5.97 Å². The van der Waals surface area contributed by atoms with Crippen LogP contribution in [0.15, 0.2) is 24.3 Å². The van der Waals surface area contributed by atoms with Crippen molar-refractivity contribution >= 4 is 21.9 Å². The summed E-state index contributed by atoms with van der Waals surface area (Å²) in [4.78, 5) is 10.9. The zero-order valence-corrected chi connectivity index (χ0v) is 10.6. The summed E-state index contributed by atoms with van der Waals surface area (Å²) in [6, 6.07) is 8.42. The van der Waals surface area contributed by atoms with Gasteiger partial charge in [0.2, 0.25) is 0 Å². The average Bonchev–Trinajstić information content (AvgIpc) is 2.28. The SMILES string of the molecule is O=C(O)CCC1CCc2ccccc2C1Br. The topological polar surface area (TPSA) is 37.3 Å². The van der Waals surface area contributed by atoms with E-state index in [1.165, 1.54) is 11.1 Å². The average molecular weight is 283 g/mol. The van der Waals surface area contributed by atoms with Crippen molar-refractivity contribution in [3.8, 4) is 0 Å². The van der Waals surface area contributed by atoms with Crippen LogP contribution in [-0.2, 0) is 11.2 Å². The van der Waals surface area contributed by atoms with Crippen molar-refractivity contribution < 1.29 is 9.90 Å². The lowest BCUT2D eigenvalue weighted by molar-refractivity contribution is -0.137. The number of benzene rings is 1. The van der Waals surface area contributed by atoms with Crippen LogP contribution in [0.3, 0.4) is 0 Å². The Morgan fingerprint density at radius 1 is 1.44 bits per heavy atom. The van der Waals surface area contributed by atoms with E-state index in [4.69, 9.17) is 5.11 Å². The van der Waals surface area contributed by atoms with Crippen LogP contribution in [0.5, 0.6) is 0 Å². The quantitative estimate of drug-likeness (QED) is 0.861. The molecule has 0 amide bonds. The smallest absolute Gasteiger partial charge is 0.303 e. The van der Waals surface area contributed by atoms with Gasteiger partial charge in [-0.1, -0.05) is 40.2 Å². The molecule has 0 aromatic heterocycles. The lowest BCUT2D eigenvalue weighted by Crippen LogP contribution is -2.17. The summed E-state index contributed by atoms with van der Waals surface area (Å²) in [7, 11) is 0. The molecule has 2 nitrogen and oxygen atoms in total. The summed E-state index contributed by atoms with van der Waals surface area (Å²) in [6.07, 6.45) is 3.19. The van der Waals surface area contributed by atoms with Gasteiger partial charge in [0.15, 0.2) is 0 Å². The molecule has 2 atom stereocenters. The molecule has 1 aromatic rings. The van der Waals surface area contributed by atoms with Crippen molar-refractivity contribution in [2.75, 3.05) is 0 Å². The van der Waals surface area contributed by atoms with Gasteiger partial charge in [0.1, 0.15) is 0 Å². The van der Waals surface area contributed by atoms with E-state index in [2.05, 4.69) is 34.1 Å². The number of aliphatic carboxylic acids is 1. The summed E-state index contributed by atoms with van der Waals surface area (Å²) in [5.74, 6) is -0.246. The number of carboxylic acids is 1. The first kappa shape index (κ1) is 11.6. The molecular weight excluding hydrogens is 268 g/mol. The first-order valence-corrected chi connectivity index (χ1v) is 6.53. The third-order valence-electron chi connectivity index (χ3n) is 3.28. The van der Waals surface area contributed by atoms with Crippen molar-refractivity contribution in [1.82, 2.24) is 0 Å². The Labute approximate surface area is 104 Å². The second kappa shape index (κ2) is 5.00. The predicted octanol–water partition coefficient (Wildman–Crippen LogP) is 3.55. The molecular formula is C13H15BrO2. The van der Waals surface area contributed by atoms with Crippen LogP contribution in [0, 0.1) is 5.92 Å². The van der Waals surface area contributed by atoms with E-state index in [-0.39, 0.29) is 6.42 Å². The Kier molecular flexibility index (Phi) is 3.64. The van der Waals surface area contributed by atoms with Gasteiger partial charge in [0.05, 0.1) is 0 Å². The molecule has 2 unspecified atom stereocenters. The molecule has 1 aliphatic rings. The molecule has 16 heavy (non-hydrogen) atoms. The van der Waals surface area contributed by atoms with Gasteiger partial charge < -0.3 is 5.11 Å². The maximum Gasteiger partial charge on any atom is 0.303 e. The van der Waals surface area contributed by atoms with Crippen LogP contribution in [-0.4, -0.2) is 11.1 Å². The Hall–Kier alpha value is -0.830. The summed E-state index contributed by atoms with van der Waals surface area (Å²) in [5, 5.41) is 8.71. The third-order valence-corrected chi connectivity index (χ3v) is 4.52. The number of hydrogen-bond acceptors (Lipinski definition) is 1. The zero-order chi connectivity index (χ0) is 11.5. The van der Waals surface area contributed by atoms with E-state index in [0.29, 0.717) is 10.7 Å². The number of carbonyl (C=O) groups is 1. The Bertz CT molecular complexity index is 389. The lowest BCUT2D eigenvalue weighted by atomic mass is 9.81. The van der Waals surface area contributed by atoms with E-state index in [1.54, 1.807) is 0 Å². The largest absolute Gasteiger partial charge is 0.481 e. The number of fused-ring (bicyclic) bond motifs is 1. The Morgan fingerprint density at radius 3 is 2.94 bits per heavy atom. The standard InChI is InChI=1S/C13H15BrO2/c14-13-10(7-8-12(15)16)6-5-9-3-1-2-4-11(9)13/h1-4,10,13H,5-8H2,(H,15,16). The molecule has 0 spiro atoms. The normalized spacial score (nSPS) is 23.8. The van der Waals surface area contributed by atoms with Gasteiger partial charge in [0, 0.05) is 11.2 Å². The monoisotopic (exact) mass is 282 g/mol. The molecule has 0 bridgehead atoms. The van der Waals surface area contributed by atoms with Crippen LogP contribution >= 0.6 is 15.9 Å². The van der Waals surface area contributed by atoms with E-state index in [1.807, 2.05) is 6.07 Å². The van der Waals surface area contributed by atoms with Gasteiger partial charge in [-0.3, -0.25) is 4.79 Å². The number of aryl methyl sites for hydroxylation is 1. The van der Waals surface area contributed by atoms with Crippen molar-refractivity contribution in [3.05, 3.63) is 35.4 Å². The molecule has 0 saturated carbocycles. The molecule has 0 radical (unpaired) electrons. The van der Waals surface area contributed by atoms with Crippen LogP contribution in [0.25, 0.3) is 0 Å². The molecule has 1 N–H and O–H groups in total. The van der Waals surface area contributed by atoms with Gasteiger partial charge in [0.25, 0.3) is 0 Å².